The molecule has 128 valence electrons. The van der Waals surface area contributed by atoms with Crippen molar-refractivity contribution in [2.24, 2.45) is 0 Å². The minimum absolute atomic E-state index is 0.304. The molecule has 2 aromatic rings. The fraction of sp³-hybridized carbons (Fsp3) is 0.300. The first-order chi connectivity index (χ1) is 11.9. The van der Waals surface area contributed by atoms with Crippen molar-refractivity contribution < 1.29 is 14.3 Å². The lowest BCUT2D eigenvalue weighted by atomic mass is 9.96. The number of amides is 1. The summed E-state index contributed by atoms with van der Waals surface area (Å²) >= 11 is 0. The number of nitrogens with zero attached hydrogens (tertiary/aromatic N) is 1. The van der Waals surface area contributed by atoms with Crippen LogP contribution in [0.5, 0.6) is 0 Å². The Bertz CT molecular complexity index is 805. The van der Waals surface area contributed by atoms with Gasteiger partial charge in [-0.1, -0.05) is 24.3 Å². The van der Waals surface area contributed by atoms with Gasteiger partial charge in [0.2, 0.25) is 0 Å². The number of rotatable bonds is 5. The molecule has 1 fully saturated rings. The average molecular weight is 338 g/mol. The van der Waals surface area contributed by atoms with Crippen molar-refractivity contribution in [3.05, 3.63) is 71.0 Å². The summed E-state index contributed by atoms with van der Waals surface area (Å²) in [5, 5.41) is 22.3. The van der Waals surface area contributed by atoms with Crippen LogP contribution in [0.1, 0.15) is 47.4 Å². The third kappa shape index (κ3) is 3.54. The molecular formula is C20H19FN2O2. The molecule has 2 N–H and O–H groups in total. The van der Waals surface area contributed by atoms with E-state index in [1.807, 2.05) is 12.1 Å². The van der Waals surface area contributed by atoms with Gasteiger partial charge in [0.25, 0.3) is 5.91 Å². The van der Waals surface area contributed by atoms with E-state index < -0.39 is 12.1 Å². The highest BCUT2D eigenvalue weighted by molar-refractivity contribution is 5.94. The number of hydrogen-bond acceptors (Lipinski definition) is 3. The lowest BCUT2D eigenvalue weighted by molar-refractivity contribution is 0.0852. The first-order valence-corrected chi connectivity index (χ1v) is 8.21. The van der Waals surface area contributed by atoms with Crippen molar-refractivity contribution in [3.8, 4) is 6.07 Å². The first kappa shape index (κ1) is 17.1. The monoisotopic (exact) mass is 338 g/mol. The normalized spacial score (nSPS) is 17.2. The summed E-state index contributed by atoms with van der Waals surface area (Å²) < 4.78 is 13.0. The molecule has 0 radical (unpaired) electrons. The van der Waals surface area contributed by atoms with Gasteiger partial charge >= 0.3 is 0 Å². The van der Waals surface area contributed by atoms with E-state index in [4.69, 9.17) is 0 Å². The molecule has 0 aromatic heterocycles. The summed E-state index contributed by atoms with van der Waals surface area (Å²) in [6.07, 6.45) is 0.781. The second-order valence-corrected chi connectivity index (χ2v) is 6.53. The van der Waals surface area contributed by atoms with E-state index in [1.165, 1.54) is 24.3 Å². The number of benzene rings is 2. The van der Waals surface area contributed by atoms with Crippen LogP contribution in [-0.2, 0) is 5.41 Å². The molecule has 2 aromatic carbocycles. The van der Waals surface area contributed by atoms with E-state index in [0.717, 1.165) is 18.4 Å². The van der Waals surface area contributed by atoms with Gasteiger partial charge in [0.05, 0.1) is 23.6 Å². The molecule has 0 saturated heterocycles. The van der Waals surface area contributed by atoms with Gasteiger partial charge in [-0.2, -0.15) is 5.26 Å². The zero-order chi connectivity index (χ0) is 18.0. The average Bonchev–Trinajstić information content (AvgIpc) is 3.43. The SMILES string of the molecule is CC(NC(=O)c1ccc(C2(C#N)CC2)cc1)C(O)c1ccc(F)cc1. The summed E-state index contributed by atoms with van der Waals surface area (Å²) in [7, 11) is 0. The smallest absolute Gasteiger partial charge is 0.251 e. The van der Waals surface area contributed by atoms with E-state index in [1.54, 1.807) is 19.1 Å². The molecular weight excluding hydrogens is 319 g/mol. The van der Waals surface area contributed by atoms with E-state index in [-0.39, 0.29) is 17.1 Å². The minimum Gasteiger partial charge on any atom is -0.386 e. The maximum Gasteiger partial charge on any atom is 0.251 e. The third-order valence-electron chi connectivity index (χ3n) is 4.71. The maximum atomic E-state index is 13.0. The number of nitriles is 1. The van der Waals surface area contributed by atoms with Crippen LogP contribution in [0.15, 0.2) is 48.5 Å². The number of halogens is 1. The predicted octanol–water partition coefficient (Wildman–Crippen LogP) is 3.23. The molecule has 1 amide bonds. The number of carbonyl (C=O) groups excluding carboxylic acids is 1. The molecule has 25 heavy (non-hydrogen) atoms. The highest BCUT2D eigenvalue weighted by Gasteiger charge is 2.44. The van der Waals surface area contributed by atoms with Gasteiger partial charge in [0.1, 0.15) is 5.82 Å². The van der Waals surface area contributed by atoms with E-state index in [2.05, 4.69) is 11.4 Å². The standard InChI is InChI=1S/C20H19FN2O2/c1-13(18(24)14-4-8-17(21)9-5-14)23-19(25)15-2-6-16(7-3-15)20(12-22)10-11-20/h2-9,13,18,24H,10-11H2,1H3,(H,23,25). The summed E-state index contributed by atoms with van der Waals surface area (Å²) in [6, 6.07) is 14.3. The van der Waals surface area contributed by atoms with Crippen LogP contribution in [0.25, 0.3) is 0 Å². The van der Waals surface area contributed by atoms with Crippen molar-refractivity contribution in [1.82, 2.24) is 5.32 Å². The van der Waals surface area contributed by atoms with Crippen LogP contribution in [-0.4, -0.2) is 17.1 Å². The zero-order valence-corrected chi connectivity index (χ0v) is 13.9. The molecule has 5 heteroatoms. The van der Waals surface area contributed by atoms with E-state index in [0.29, 0.717) is 11.1 Å². The largest absolute Gasteiger partial charge is 0.386 e. The van der Waals surface area contributed by atoms with Crippen molar-refractivity contribution in [3.63, 3.8) is 0 Å². The topological polar surface area (TPSA) is 73.1 Å². The van der Waals surface area contributed by atoms with Crippen molar-refractivity contribution >= 4 is 5.91 Å². The minimum atomic E-state index is -0.933. The number of carbonyl (C=O) groups is 1. The molecule has 0 aliphatic heterocycles. The summed E-state index contributed by atoms with van der Waals surface area (Å²) in [4.78, 5) is 12.3. The van der Waals surface area contributed by atoms with Crippen molar-refractivity contribution in [2.75, 3.05) is 0 Å². The van der Waals surface area contributed by atoms with Gasteiger partial charge in [-0.05, 0) is 55.2 Å². The van der Waals surface area contributed by atoms with Crippen LogP contribution in [0, 0.1) is 17.1 Å². The summed E-state index contributed by atoms with van der Waals surface area (Å²) in [6.45, 7) is 1.69. The van der Waals surface area contributed by atoms with Crippen molar-refractivity contribution in [2.45, 2.75) is 37.3 Å². The fourth-order valence-electron chi connectivity index (χ4n) is 2.85. The Morgan fingerprint density at radius 2 is 1.80 bits per heavy atom. The molecule has 4 nitrogen and oxygen atoms in total. The molecule has 0 bridgehead atoms. The lowest BCUT2D eigenvalue weighted by Gasteiger charge is -2.21. The van der Waals surface area contributed by atoms with Crippen LogP contribution in [0.4, 0.5) is 4.39 Å². The van der Waals surface area contributed by atoms with E-state index >= 15 is 0 Å². The van der Waals surface area contributed by atoms with Gasteiger partial charge in [0.15, 0.2) is 0 Å². The van der Waals surface area contributed by atoms with Crippen LogP contribution in [0.2, 0.25) is 0 Å². The quantitative estimate of drug-likeness (QED) is 0.879. The van der Waals surface area contributed by atoms with Gasteiger partial charge in [0, 0.05) is 5.56 Å². The predicted molar refractivity (Wildman–Crippen MR) is 91.3 cm³/mol. The molecule has 2 unspecified atom stereocenters. The Morgan fingerprint density at radius 1 is 1.20 bits per heavy atom. The number of aliphatic hydroxyl groups is 1. The number of nitrogens with one attached hydrogen (secondary N) is 1. The zero-order valence-electron chi connectivity index (χ0n) is 13.9. The first-order valence-electron chi connectivity index (χ1n) is 8.21. The van der Waals surface area contributed by atoms with Gasteiger partial charge in [-0.3, -0.25) is 4.79 Å². The van der Waals surface area contributed by atoms with Gasteiger partial charge < -0.3 is 10.4 Å². The Hall–Kier alpha value is -2.71. The number of hydrogen-bond donors (Lipinski definition) is 2. The highest BCUT2D eigenvalue weighted by atomic mass is 19.1. The van der Waals surface area contributed by atoms with E-state index in [9.17, 15) is 19.6 Å². The Balaban J connectivity index is 1.65. The van der Waals surface area contributed by atoms with Crippen LogP contribution < -0.4 is 5.32 Å². The third-order valence-corrected chi connectivity index (χ3v) is 4.71. The molecule has 3 rings (SSSR count). The lowest BCUT2D eigenvalue weighted by Crippen LogP contribution is -2.37. The molecule has 1 aliphatic rings. The Kier molecular flexibility index (Phi) is 4.56. The second-order valence-electron chi connectivity index (χ2n) is 6.53. The maximum absolute atomic E-state index is 13.0. The van der Waals surface area contributed by atoms with Crippen molar-refractivity contribution in [1.29, 1.82) is 5.26 Å². The molecule has 1 saturated carbocycles. The molecule has 2 atom stereocenters. The summed E-state index contributed by atoms with van der Waals surface area (Å²) in [5.74, 6) is -0.680. The molecule has 0 heterocycles. The van der Waals surface area contributed by atoms with Crippen LogP contribution >= 0.6 is 0 Å². The Morgan fingerprint density at radius 3 is 2.32 bits per heavy atom. The van der Waals surface area contributed by atoms with Gasteiger partial charge in [-0.25, -0.2) is 4.39 Å². The summed E-state index contributed by atoms with van der Waals surface area (Å²) in [5.41, 5.74) is 1.57. The molecule has 0 spiro atoms. The Labute approximate surface area is 145 Å². The fourth-order valence-corrected chi connectivity index (χ4v) is 2.85. The molecule has 1 aliphatic carbocycles. The van der Waals surface area contributed by atoms with Crippen LogP contribution in [0.3, 0.4) is 0 Å². The number of aliphatic hydroxyl groups excluding tert-OH is 1. The highest BCUT2D eigenvalue weighted by Crippen LogP contribution is 2.47. The second kappa shape index (κ2) is 6.66. The van der Waals surface area contributed by atoms with Gasteiger partial charge in [-0.15, -0.1) is 0 Å².